The second-order valence-electron chi connectivity index (χ2n) is 18.4. The summed E-state index contributed by atoms with van der Waals surface area (Å²) in [5.74, 6) is -3.61. The molecule has 0 aliphatic carbocycles. The first-order valence-electron chi connectivity index (χ1n) is 22.3. The molecule has 2 rings (SSSR count). The first kappa shape index (κ1) is 54.9. The lowest BCUT2D eigenvalue weighted by Crippen LogP contribution is -2.62. The van der Waals surface area contributed by atoms with Gasteiger partial charge in [0, 0.05) is 26.2 Å². The quantitative estimate of drug-likeness (QED) is 0.0444. The lowest BCUT2D eigenvalue weighted by molar-refractivity contribution is -0.142. The minimum atomic E-state index is -1.69. The molecule has 5 amide bonds. The Morgan fingerprint density at radius 1 is 0.656 bits per heavy atom. The van der Waals surface area contributed by atoms with Gasteiger partial charge in [-0.3, -0.25) is 14.4 Å². The summed E-state index contributed by atoms with van der Waals surface area (Å²) in [4.78, 5) is 77.4. The second kappa shape index (κ2) is 27.2. The molecule has 0 aromatic heterocycles. The number of carboxylic acids is 1. The van der Waals surface area contributed by atoms with Crippen LogP contribution in [0.5, 0.6) is 0 Å². The number of carbonyl (C=O) groups excluding carboxylic acids is 5. The van der Waals surface area contributed by atoms with E-state index in [9.17, 15) is 33.9 Å². The van der Waals surface area contributed by atoms with Crippen molar-refractivity contribution >= 4 is 35.9 Å². The Balaban J connectivity index is 2.19. The Kier molecular flexibility index (Phi) is 23.3. The average Bonchev–Trinajstić information content (AvgIpc) is 3.20. The number of hydrogen-bond acceptors (Lipinski definition) is 11. The van der Waals surface area contributed by atoms with Gasteiger partial charge in [0.15, 0.2) is 6.17 Å². The molecule has 0 fully saturated rings. The Morgan fingerprint density at radius 3 is 1.72 bits per heavy atom. The van der Waals surface area contributed by atoms with Gasteiger partial charge in [-0.1, -0.05) is 75.7 Å². The third-order valence-corrected chi connectivity index (χ3v) is 9.56. The predicted octanol–water partition coefficient (Wildman–Crippen LogP) is 5.28. The highest BCUT2D eigenvalue weighted by Gasteiger charge is 2.33. The number of carboxylic acid groups (broad SMARTS) is 1. The van der Waals surface area contributed by atoms with Gasteiger partial charge in [0.2, 0.25) is 11.8 Å². The van der Waals surface area contributed by atoms with Crippen LogP contribution in [0, 0.1) is 5.92 Å². The average molecular weight is 898 g/mol. The van der Waals surface area contributed by atoms with E-state index in [2.05, 4.69) is 63.1 Å². The fraction of sp³-hybridized carbons (Fsp3) is 0.617. The van der Waals surface area contributed by atoms with Crippen molar-refractivity contribution in [2.24, 2.45) is 11.7 Å². The van der Waals surface area contributed by atoms with Crippen LogP contribution in [-0.2, 0) is 46.4 Å². The molecular formula is C47H75N7O10. The molecule has 0 saturated carbocycles. The van der Waals surface area contributed by atoms with Crippen molar-refractivity contribution in [1.82, 2.24) is 31.9 Å². The minimum Gasteiger partial charge on any atom is -0.480 e. The molecule has 2 aromatic rings. The van der Waals surface area contributed by atoms with E-state index in [1.165, 1.54) is 5.56 Å². The standard InChI is InChI=1S/C47H75N7O10/c1-11-12-15-32-17-21-34(22-18-32)35-23-19-33(20-24-35)28-51-36(25-27-50-45(61)64-47(8,9)10)40(55)53-38(31(4)62-29-30(2)3)41(56)54-39(48)42(57)52-37(43(58)59)16-13-14-26-49-44(60)63-46(5,6)7/h17-24,30-31,36-39,51H,11-16,25-29,48H2,1-10H3,(H,49,60)(H,50,61)(H,52,57)(H,53,55)(H,54,56)(H,58,59)/t31-,36+,37+,38+,39-/m1/s1. The lowest BCUT2D eigenvalue weighted by Gasteiger charge is -2.29. The number of carbonyl (C=O) groups is 6. The van der Waals surface area contributed by atoms with E-state index in [0.717, 1.165) is 36.0 Å². The van der Waals surface area contributed by atoms with Crippen molar-refractivity contribution < 1.29 is 48.1 Å². The second-order valence-corrected chi connectivity index (χ2v) is 18.4. The molecule has 0 heterocycles. The largest absolute Gasteiger partial charge is 0.480 e. The first-order valence-corrected chi connectivity index (χ1v) is 22.3. The maximum Gasteiger partial charge on any atom is 0.407 e. The van der Waals surface area contributed by atoms with Crippen molar-refractivity contribution in [2.45, 2.75) is 162 Å². The number of unbranched alkanes of at least 4 members (excludes halogenated alkanes) is 2. The molecule has 2 aromatic carbocycles. The van der Waals surface area contributed by atoms with Crippen LogP contribution >= 0.6 is 0 Å². The summed E-state index contributed by atoms with van der Waals surface area (Å²) in [7, 11) is 0. The molecule has 0 spiro atoms. The Morgan fingerprint density at radius 2 is 1.20 bits per heavy atom. The van der Waals surface area contributed by atoms with Crippen LogP contribution in [0.2, 0.25) is 0 Å². The van der Waals surface area contributed by atoms with E-state index in [1.807, 2.05) is 38.1 Å². The maximum absolute atomic E-state index is 14.1. The van der Waals surface area contributed by atoms with Crippen LogP contribution in [0.4, 0.5) is 9.59 Å². The topological polar surface area (TPSA) is 249 Å². The number of aryl methyl sites for hydroxylation is 1. The van der Waals surface area contributed by atoms with Crippen molar-refractivity contribution in [3.8, 4) is 11.1 Å². The molecule has 0 bridgehead atoms. The Labute approximate surface area is 379 Å². The number of rotatable bonds is 26. The fourth-order valence-corrected chi connectivity index (χ4v) is 6.16. The highest BCUT2D eigenvalue weighted by Crippen LogP contribution is 2.21. The van der Waals surface area contributed by atoms with Crippen molar-refractivity contribution in [2.75, 3.05) is 19.7 Å². The number of aliphatic carboxylic acids is 1. The summed E-state index contributed by atoms with van der Waals surface area (Å²) < 4.78 is 16.5. The molecule has 5 atom stereocenters. The number of alkyl carbamates (subject to hydrolysis) is 2. The smallest absolute Gasteiger partial charge is 0.407 e. The monoisotopic (exact) mass is 898 g/mol. The molecule has 17 heteroatoms. The first-order chi connectivity index (χ1) is 30.0. The Hall–Kier alpha value is -5.26. The zero-order chi connectivity index (χ0) is 48.0. The molecule has 64 heavy (non-hydrogen) atoms. The third kappa shape index (κ3) is 22.4. The van der Waals surface area contributed by atoms with Crippen molar-refractivity contribution in [3.05, 3.63) is 59.7 Å². The predicted molar refractivity (Wildman–Crippen MR) is 246 cm³/mol. The van der Waals surface area contributed by atoms with E-state index in [0.29, 0.717) is 12.8 Å². The molecule has 17 nitrogen and oxygen atoms in total. The molecule has 9 N–H and O–H groups in total. The van der Waals surface area contributed by atoms with Crippen LogP contribution in [0.15, 0.2) is 48.5 Å². The van der Waals surface area contributed by atoms with E-state index < -0.39 is 77.5 Å². The summed E-state index contributed by atoms with van der Waals surface area (Å²) in [5, 5.41) is 25.8. The minimum absolute atomic E-state index is 0.0186. The van der Waals surface area contributed by atoms with Gasteiger partial charge in [0.1, 0.15) is 23.3 Å². The third-order valence-electron chi connectivity index (χ3n) is 9.56. The van der Waals surface area contributed by atoms with E-state index in [-0.39, 0.29) is 45.0 Å². The van der Waals surface area contributed by atoms with Crippen LogP contribution in [0.3, 0.4) is 0 Å². The molecule has 0 radical (unpaired) electrons. The van der Waals surface area contributed by atoms with Gasteiger partial charge in [-0.05, 0) is 115 Å². The summed E-state index contributed by atoms with van der Waals surface area (Å²) in [5.41, 5.74) is 9.00. The van der Waals surface area contributed by atoms with Gasteiger partial charge in [0.05, 0.1) is 12.1 Å². The van der Waals surface area contributed by atoms with Crippen LogP contribution in [0.25, 0.3) is 11.1 Å². The summed E-state index contributed by atoms with van der Waals surface area (Å²) in [6.07, 6.45) is 0.353. The van der Waals surface area contributed by atoms with Gasteiger partial charge >= 0.3 is 18.2 Å². The van der Waals surface area contributed by atoms with Crippen LogP contribution in [-0.4, -0.2) is 102 Å². The molecule has 0 aliphatic heterocycles. The lowest BCUT2D eigenvalue weighted by atomic mass is 10.0. The highest BCUT2D eigenvalue weighted by molar-refractivity contribution is 5.94. The van der Waals surface area contributed by atoms with Gasteiger partial charge in [0.25, 0.3) is 5.91 Å². The number of nitrogens with two attached hydrogens (primary N) is 1. The SMILES string of the molecule is CCCCc1ccc(-c2ccc(CN[C@@H](CCNC(=O)OC(C)(C)C)C(=O)N[C@H](C(=O)N[C@@H](N)C(=O)N[C@@H](CCCCNC(=O)OC(C)(C)C)C(=O)O)[C@@H](C)OCC(C)C)cc2)cc1. The van der Waals surface area contributed by atoms with Gasteiger partial charge in [-0.15, -0.1) is 0 Å². The molecule has 358 valence electrons. The number of amides is 5. The zero-order valence-electron chi connectivity index (χ0n) is 39.6. The van der Waals surface area contributed by atoms with Crippen molar-refractivity contribution in [3.63, 3.8) is 0 Å². The molecule has 0 aliphatic rings. The number of benzene rings is 2. The molecule has 0 saturated heterocycles. The number of hydrogen-bond donors (Lipinski definition) is 8. The van der Waals surface area contributed by atoms with Crippen molar-refractivity contribution in [1.29, 1.82) is 0 Å². The zero-order valence-corrected chi connectivity index (χ0v) is 39.6. The van der Waals surface area contributed by atoms with E-state index in [1.54, 1.807) is 48.5 Å². The normalized spacial score (nSPS) is 14.0. The van der Waals surface area contributed by atoms with Crippen LogP contribution in [0.1, 0.15) is 119 Å². The molecule has 0 unspecified atom stereocenters. The molecular weight excluding hydrogens is 823 g/mol. The van der Waals surface area contributed by atoms with E-state index in [4.69, 9.17) is 19.9 Å². The van der Waals surface area contributed by atoms with E-state index >= 15 is 0 Å². The van der Waals surface area contributed by atoms with Gasteiger partial charge < -0.3 is 57.0 Å². The maximum atomic E-state index is 14.1. The summed E-state index contributed by atoms with van der Waals surface area (Å²) in [6.45, 7) is 18.8. The van der Waals surface area contributed by atoms with Gasteiger partial charge in [-0.25, -0.2) is 14.4 Å². The summed E-state index contributed by atoms with van der Waals surface area (Å²) >= 11 is 0. The number of nitrogens with one attached hydrogen (secondary N) is 6. The van der Waals surface area contributed by atoms with Gasteiger partial charge in [-0.2, -0.15) is 0 Å². The fourth-order valence-electron chi connectivity index (χ4n) is 6.16. The number of ether oxygens (including phenoxy) is 3. The summed E-state index contributed by atoms with van der Waals surface area (Å²) in [6, 6.07) is 12.9. The Bertz CT molecular complexity index is 1780. The van der Waals surface area contributed by atoms with Crippen LogP contribution < -0.4 is 37.6 Å². The highest BCUT2D eigenvalue weighted by atomic mass is 16.6.